The minimum Gasteiger partial charge on any atom is -0.490 e. The van der Waals surface area contributed by atoms with Crippen molar-refractivity contribution < 1.29 is 14.9 Å². The summed E-state index contributed by atoms with van der Waals surface area (Å²) in [6.07, 6.45) is 1.05. The van der Waals surface area contributed by atoms with E-state index in [1.807, 2.05) is 84.9 Å². The summed E-state index contributed by atoms with van der Waals surface area (Å²) in [4.78, 5) is 6.58. The molecule has 1 aromatic heterocycles. The van der Waals surface area contributed by atoms with Crippen LogP contribution in [0.15, 0.2) is 91.0 Å². The number of hydrogen-bond acceptors (Lipinski definition) is 5. The molecule has 1 aliphatic heterocycles. The Morgan fingerprint density at radius 1 is 0.889 bits per heavy atom. The number of halogens is 1. The summed E-state index contributed by atoms with van der Waals surface area (Å²) < 4.78 is 5.95. The molecule has 5 nitrogen and oxygen atoms in total. The predicted molar refractivity (Wildman–Crippen MR) is 143 cm³/mol. The second kappa shape index (κ2) is 11.0. The zero-order valence-electron chi connectivity index (χ0n) is 20.1. The highest BCUT2D eigenvalue weighted by Crippen LogP contribution is 2.41. The molecule has 2 heterocycles. The minimum absolute atomic E-state index is 0.0851. The first kappa shape index (κ1) is 24.7. The topological polar surface area (TPSA) is 65.8 Å². The van der Waals surface area contributed by atoms with E-state index in [0.717, 1.165) is 48.0 Å². The van der Waals surface area contributed by atoms with Crippen molar-refractivity contribution in [3.05, 3.63) is 107 Å². The fourth-order valence-corrected chi connectivity index (χ4v) is 5.47. The first-order valence-corrected chi connectivity index (χ1v) is 12.8. The van der Waals surface area contributed by atoms with Gasteiger partial charge >= 0.3 is 0 Å². The number of β-amino-alcohol motifs (C(OH)–C–C–N with tert-alkyl or cyclic N) is 1. The van der Waals surface area contributed by atoms with Crippen LogP contribution in [0.4, 0.5) is 0 Å². The lowest BCUT2D eigenvalue weighted by Gasteiger charge is -2.42. The molecular weight excluding hydrogens is 472 g/mol. The van der Waals surface area contributed by atoms with Gasteiger partial charge in [0.25, 0.3) is 0 Å². The summed E-state index contributed by atoms with van der Waals surface area (Å²) >= 11 is 6.00. The van der Waals surface area contributed by atoms with Crippen molar-refractivity contribution in [2.24, 2.45) is 5.92 Å². The predicted octanol–water partition coefficient (Wildman–Crippen LogP) is 5.28. The van der Waals surface area contributed by atoms with Gasteiger partial charge in [0.05, 0.1) is 5.52 Å². The highest BCUT2D eigenvalue weighted by atomic mass is 35.5. The van der Waals surface area contributed by atoms with Gasteiger partial charge in [0, 0.05) is 11.9 Å². The van der Waals surface area contributed by atoms with Crippen molar-refractivity contribution in [1.82, 2.24) is 9.88 Å². The van der Waals surface area contributed by atoms with E-state index < -0.39 is 11.7 Å². The van der Waals surface area contributed by atoms with Gasteiger partial charge < -0.3 is 19.8 Å². The summed E-state index contributed by atoms with van der Waals surface area (Å²) in [7, 11) is 0. The van der Waals surface area contributed by atoms with Crippen LogP contribution in [0.1, 0.15) is 24.0 Å². The lowest BCUT2D eigenvalue weighted by atomic mass is 9.72. The second-order valence-electron chi connectivity index (χ2n) is 9.49. The Bertz CT molecular complexity index is 1240. The fraction of sp³-hybridized carbons (Fsp3) is 0.300. The summed E-state index contributed by atoms with van der Waals surface area (Å²) in [5.41, 5.74) is 1.57. The summed E-state index contributed by atoms with van der Waals surface area (Å²) in [6, 6.07) is 29.2. The monoisotopic (exact) mass is 502 g/mol. The lowest BCUT2D eigenvalue weighted by Crippen LogP contribution is -2.46. The third kappa shape index (κ3) is 5.25. The molecule has 36 heavy (non-hydrogen) atoms. The molecule has 0 saturated carbocycles. The number of fused-ring (bicyclic) bond motifs is 1. The molecule has 3 aromatic carbocycles. The van der Waals surface area contributed by atoms with Crippen molar-refractivity contribution in [2.45, 2.75) is 24.5 Å². The average molecular weight is 503 g/mol. The molecule has 6 heteroatoms. The molecule has 2 N–H and O–H groups in total. The number of pyridine rings is 1. The SMILES string of the molecule is OC(COc1cccc2nc(Cl)ccc12)CN1CCC(C(O)(c2ccccc2)c2ccccc2)CC1. The number of ether oxygens (including phenoxy) is 1. The Kier molecular flexibility index (Phi) is 7.54. The van der Waals surface area contributed by atoms with Crippen molar-refractivity contribution in [1.29, 1.82) is 0 Å². The second-order valence-corrected chi connectivity index (χ2v) is 9.88. The minimum atomic E-state index is -1.04. The quantitative estimate of drug-likeness (QED) is 0.321. The van der Waals surface area contributed by atoms with Crippen LogP contribution in [-0.2, 0) is 5.60 Å². The van der Waals surface area contributed by atoms with Crippen LogP contribution in [-0.4, -0.2) is 52.4 Å². The van der Waals surface area contributed by atoms with Crippen molar-refractivity contribution in [2.75, 3.05) is 26.2 Å². The van der Waals surface area contributed by atoms with Crippen LogP contribution >= 0.6 is 11.6 Å². The van der Waals surface area contributed by atoms with E-state index in [1.165, 1.54) is 0 Å². The Morgan fingerprint density at radius 3 is 2.17 bits per heavy atom. The number of aromatic nitrogens is 1. The molecule has 1 saturated heterocycles. The molecule has 5 rings (SSSR count). The van der Waals surface area contributed by atoms with E-state index >= 15 is 0 Å². The highest BCUT2D eigenvalue weighted by molar-refractivity contribution is 6.29. The normalized spacial score (nSPS) is 16.2. The van der Waals surface area contributed by atoms with Gasteiger partial charge in [0.1, 0.15) is 29.2 Å². The molecule has 1 unspecified atom stereocenters. The van der Waals surface area contributed by atoms with Gasteiger partial charge in [-0.2, -0.15) is 0 Å². The van der Waals surface area contributed by atoms with E-state index in [9.17, 15) is 10.2 Å². The molecule has 1 fully saturated rings. The number of nitrogens with zero attached hydrogens (tertiary/aromatic N) is 2. The first-order chi connectivity index (χ1) is 17.5. The maximum absolute atomic E-state index is 12.1. The Morgan fingerprint density at radius 2 is 1.53 bits per heavy atom. The first-order valence-electron chi connectivity index (χ1n) is 12.5. The van der Waals surface area contributed by atoms with Gasteiger partial charge in [-0.25, -0.2) is 4.98 Å². The summed E-state index contributed by atoms with van der Waals surface area (Å²) in [5, 5.41) is 24.1. The van der Waals surface area contributed by atoms with Gasteiger partial charge in [-0.15, -0.1) is 0 Å². The smallest absolute Gasteiger partial charge is 0.129 e. The average Bonchev–Trinajstić information content (AvgIpc) is 2.92. The zero-order valence-corrected chi connectivity index (χ0v) is 20.9. The van der Waals surface area contributed by atoms with E-state index in [0.29, 0.717) is 17.4 Å². The molecule has 1 atom stereocenters. The number of likely N-dealkylation sites (tertiary alicyclic amines) is 1. The lowest BCUT2D eigenvalue weighted by molar-refractivity contribution is -0.0222. The third-order valence-corrected chi connectivity index (χ3v) is 7.37. The number of hydrogen-bond donors (Lipinski definition) is 2. The number of benzene rings is 3. The molecule has 0 spiro atoms. The van der Waals surface area contributed by atoms with Gasteiger partial charge in [-0.05, 0) is 67.2 Å². The molecule has 0 aliphatic carbocycles. The molecule has 0 bridgehead atoms. The largest absolute Gasteiger partial charge is 0.490 e. The van der Waals surface area contributed by atoms with E-state index in [1.54, 1.807) is 6.07 Å². The molecule has 4 aromatic rings. The molecule has 186 valence electrons. The van der Waals surface area contributed by atoms with Gasteiger partial charge in [0.2, 0.25) is 0 Å². The van der Waals surface area contributed by atoms with Crippen LogP contribution in [0.3, 0.4) is 0 Å². The van der Waals surface area contributed by atoms with E-state index in [4.69, 9.17) is 16.3 Å². The van der Waals surface area contributed by atoms with Crippen molar-refractivity contribution in [3.8, 4) is 5.75 Å². The Labute approximate surface area is 216 Å². The zero-order chi connectivity index (χ0) is 25.0. The maximum atomic E-state index is 12.1. The number of aliphatic hydroxyl groups is 2. The van der Waals surface area contributed by atoms with Crippen LogP contribution in [0, 0.1) is 5.92 Å². The fourth-order valence-electron chi connectivity index (χ4n) is 5.32. The van der Waals surface area contributed by atoms with Crippen molar-refractivity contribution >= 4 is 22.5 Å². The van der Waals surface area contributed by atoms with Crippen molar-refractivity contribution in [3.63, 3.8) is 0 Å². The standard InChI is InChI=1S/C30H31ClN2O3/c31-29-15-14-26-27(32-29)12-7-13-28(26)36-21-25(34)20-33-18-16-24(17-19-33)30(35,22-8-3-1-4-9-22)23-10-5-2-6-11-23/h1-15,24-25,34-35H,16-21H2. The van der Waals surface area contributed by atoms with Gasteiger partial charge in [0.15, 0.2) is 0 Å². The Hall–Kier alpha value is -2.96. The van der Waals surface area contributed by atoms with Gasteiger partial charge in [-0.1, -0.05) is 78.3 Å². The summed E-state index contributed by atoms with van der Waals surface area (Å²) in [5.74, 6) is 0.771. The number of aliphatic hydroxyl groups excluding tert-OH is 1. The molecule has 0 radical (unpaired) electrons. The third-order valence-electron chi connectivity index (χ3n) is 7.16. The van der Waals surface area contributed by atoms with Crippen LogP contribution in [0.2, 0.25) is 5.15 Å². The molecule has 0 amide bonds. The van der Waals surface area contributed by atoms with E-state index in [-0.39, 0.29) is 12.5 Å². The van der Waals surface area contributed by atoms with Crippen LogP contribution in [0.5, 0.6) is 5.75 Å². The number of piperidine rings is 1. The van der Waals surface area contributed by atoms with E-state index in [2.05, 4.69) is 9.88 Å². The van der Waals surface area contributed by atoms with Crippen LogP contribution in [0.25, 0.3) is 10.9 Å². The number of rotatable bonds is 8. The Balaban J connectivity index is 1.21. The summed E-state index contributed by atoms with van der Waals surface area (Å²) in [6.45, 7) is 2.33. The highest BCUT2D eigenvalue weighted by Gasteiger charge is 2.41. The molecule has 1 aliphatic rings. The molecular formula is C30H31ClN2O3. The maximum Gasteiger partial charge on any atom is 0.129 e. The van der Waals surface area contributed by atoms with Crippen LogP contribution < -0.4 is 4.74 Å². The van der Waals surface area contributed by atoms with Gasteiger partial charge in [-0.3, -0.25) is 0 Å².